The van der Waals surface area contributed by atoms with Crippen LogP contribution in [0.5, 0.6) is 5.75 Å². The van der Waals surface area contributed by atoms with Gasteiger partial charge in [0.05, 0.1) is 12.7 Å². The second kappa shape index (κ2) is 5.12. The van der Waals surface area contributed by atoms with E-state index in [0.29, 0.717) is 17.7 Å². The molecule has 0 spiro atoms. The molecule has 0 radical (unpaired) electrons. The van der Waals surface area contributed by atoms with Crippen molar-refractivity contribution in [3.8, 4) is 5.75 Å². The average Bonchev–Trinajstić information content (AvgIpc) is 2.20. The summed E-state index contributed by atoms with van der Waals surface area (Å²) < 4.78 is 5.30. The molecule has 1 unspecified atom stereocenters. The molecule has 0 aliphatic rings. The Morgan fingerprint density at radius 1 is 1.44 bits per heavy atom. The van der Waals surface area contributed by atoms with E-state index in [4.69, 9.17) is 10.5 Å². The summed E-state index contributed by atoms with van der Waals surface area (Å²) in [5, 5.41) is 0. The van der Waals surface area contributed by atoms with Crippen LogP contribution in [-0.2, 0) is 0 Å². The second-order valence-corrected chi connectivity index (χ2v) is 4.19. The fraction of sp³-hybridized carbons (Fsp3) is 0.462. The summed E-state index contributed by atoms with van der Waals surface area (Å²) in [6.07, 6.45) is 0.346. The number of ether oxygens (including phenoxy) is 1. The molecule has 1 aromatic rings. The Kier molecular flexibility index (Phi) is 4.07. The largest absolute Gasteiger partial charge is 0.496 e. The smallest absolute Gasteiger partial charge is 0.168 e. The number of carbonyl (C=O) groups is 1. The number of rotatable bonds is 4. The number of hydrogen-bond acceptors (Lipinski definition) is 3. The normalized spacial score (nSPS) is 12.3. The molecule has 0 saturated carbocycles. The summed E-state index contributed by atoms with van der Waals surface area (Å²) in [4.78, 5) is 11.9. The molecule has 3 heteroatoms. The van der Waals surface area contributed by atoms with Crippen LogP contribution < -0.4 is 10.5 Å². The predicted molar refractivity (Wildman–Crippen MR) is 65.1 cm³/mol. The van der Waals surface area contributed by atoms with E-state index in [2.05, 4.69) is 0 Å². The van der Waals surface area contributed by atoms with E-state index in [9.17, 15) is 4.79 Å². The molecule has 2 N–H and O–H groups in total. The third kappa shape index (κ3) is 2.61. The zero-order valence-corrected chi connectivity index (χ0v) is 10.3. The molecule has 1 aromatic carbocycles. The highest BCUT2D eigenvalue weighted by Crippen LogP contribution is 2.27. The fourth-order valence-electron chi connectivity index (χ4n) is 1.68. The highest BCUT2D eigenvalue weighted by atomic mass is 16.5. The third-order valence-corrected chi connectivity index (χ3v) is 2.69. The van der Waals surface area contributed by atoms with Crippen molar-refractivity contribution >= 4 is 5.78 Å². The van der Waals surface area contributed by atoms with Crippen LogP contribution in [0.2, 0.25) is 0 Å². The monoisotopic (exact) mass is 221 g/mol. The van der Waals surface area contributed by atoms with Gasteiger partial charge in [0, 0.05) is 12.5 Å². The number of methoxy groups -OCH3 is 1. The number of hydrogen-bond donors (Lipinski definition) is 1. The molecular formula is C13H19NO2. The Balaban J connectivity index is 3.14. The fourth-order valence-corrected chi connectivity index (χ4v) is 1.68. The molecule has 1 rings (SSSR count). The first-order chi connectivity index (χ1) is 7.47. The van der Waals surface area contributed by atoms with E-state index in [1.807, 2.05) is 32.9 Å². The SMILES string of the molecule is COc1c(C(=O)CC(C)N)ccc(C)c1C. The lowest BCUT2D eigenvalue weighted by Gasteiger charge is -2.13. The topological polar surface area (TPSA) is 52.3 Å². The minimum absolute atomic E-state index is 0.0370. The van der Waals surface area contributed by atoms with Gasteiger partial charge < -0.3 is 10.5 Å². The van der Waals surface area contributed by atoms with Crippen molar-refractivity contribution in [3.05, 3.63) is 28.8 Å². The number of Topliss-reactive ketones (excluding diaryl/α,β-unsaturated/α-hetero) is 1. The van der Waals surface area contributed by atoms with Gasteiger partial charge in [-0.3, -0.25) is 4.79 Å². The summed E-state index contributed by atoms with van der Waals surface area (Å²) in [5.41, 5.74) is 8.39. The van der Waals surface area contributed by atoms with Gasteiger partial charge in [0.25, 0.3) is 0 Å². The number of aryl methyl sites for hydroxylation is 1. The molecule has 0 aromatic heterocycles. The highest BCUT2D eigenvalue weighted by Gasteiger charge is 2.16. The van der Waals surface area contributed by atoms with Gasteiger partial charge in [-0.25, -0.2) is 0 Å². The molecule has 1 atom stereocenters. The van der Waals surface area contributed by atoms with Crippen molar-refractivity contribution < 1.29 is 9.53 Å². The van der Waals surface area contributed by atoms with Gasteiger partial charge in [-0.05, 0) is 38.0 Å². The van der Waals surface area contributed by atoms with Crippen LogP contribution >= 0.6 is 0 Å². The number of carbonyl (C=O) groups excluding carboxylic acids is 1. The van der Waals surface area contributed by atoms with Gasteiger partial charge in [0.15, 0.2) is 5.78 Å². The first kappa shape index (κ1) is 12.7. The lowest BCUT2D eigenvalue weighted by Crippen LogP contribution is -2.20. The number of nitrogens with two attached hydrogens (primary N) is 1. The molecule has 0 heterocycles. The quantitative estimate of drug-likeness (QED) is 0.793. The summed E-state index contributed by atoms with van der Waals surface area (Å²) in [5.74, 6) is 0.709. The minimum Gasteiger partial charge on any atom is -0.496 e. The Bertz CT molecular complexity index is 397. The number of benzene rings is 1. The molecule has 0 amide bonds. The van der Waals surface area contributed by atoms with Gasteiger partial charge in [-0.2, -0.15) is 0 Å². The maximum atomic E-state index is 11.9. The lowest BCUT2D eigenvalue weighted by atomic mass is 9.98. The van der Waals surface area contributed by atoms with Crippen molar-refractivity contribution in [1.82, 2.24) is 0 Å². The van der Waals surface area contributed by atoms with E-state index in [-0.39, 0.29) is 11.8 Å². The first-order valence-corrected chi connectivity index (χ1v) is 5.40. The Morgan fingerprint density at radius 3 is 2.56 bits per heavy atom. The molecule has 88 valence electrons. The van der Waals surface area contributed by atoms with Gasteiger partial charge in [0.2, 0.25) is 0 Å². The molecule has 0 aliphatic carbocycles. The standard InChI is InChI=1S/C13H19NO2/c1-8-5-6-11(12(15)7-9(2)14)13(16-4)10(8)3/h5-6,9H,7,14H2,1-4H3. The van der Waals surface area contributed by atoms with E-state index >= 15 is 0 Å². The molecule has 0 saturated heterocycles. The zero-order valence-electron chi connectivity index (χ0n) is 10.3. The van der Waals surface area contributed by atoms with Crippen molar-refractivity contribution in [2.24, 2.45) is 5.73 Å². The first-order valence-electron chi connectivity index (χ1n) is 5.40. The predicted octanol–water partition coefficient (Wildman–Crippen LogP) is 2.23. The van der Waals surface area contributed by atoms with Gasteiger partial charge in [-0.15, -0.1) is 0 Å². The lowest BCUT2D eigenvalue weighted by molar-refractivity contribution is 0.0973. The molecule has 0 fully saturated rings. The van der Waals surface area contributed by atoms with E-state index in [1.54, 1.807) is 7.11 Å². The number of ketones is 1. The summed E-state index contributed by atoms with van der Waals surface area (Å²) >= 11 is 0. The zero-order chi connectivity index (χ0) is 12.3. The van der Waals surface area contributed by atoms with E-state index < -0.39 is 0 Å². The molecule has 0 aliphatic heterocycles. The van der Waals surface area contributed by atoms with Crippen molar-refractivity contribution in [2.75, 3.05) is 7.11 Å². The molecular weight excluding hydrogens is 202 g/mol. The van der Waals surface area contributed by atoms with Crippen LogP contribution in [0, 0.1) is 13.8 Å². The van der Waals surface area contributed by atoms with Crippen LogP contribution in [0.15, 0.2) is 12.1 Å². The van der Waals surface area contributed by atoms with Gasteiger partial charge in [-0.1, -0.05) is 6.07 Å². The van der Waals surface area contributed by atoms with Crippen LogP contribution in [-0.4, -0.2) is 18.9 Å². The maximum Gasteiger partial charge on any atom is 0.168 e. The van der Waals surface area contributed by atoms with Gasteiger partial charge in [0.1, 0.15) is 5.75 Å². The van der Waals surface area contributed by atoms with Crippen molar-refractivity contribution in [1.29, 1.82) is 0 Å². The highest BCUT2D eigenvalue weighted by molar-refractivity contribution is 5.99. The minimum atomic E-state index is -0.126. The van der Waals surface area contributed by atoms with E-state index in [1.165, 1.54) is 0 Å². The molecule has 3 nitrogen and oxygen atoms in total. The Labute approximate surface area is 96.6 Å². The Morgan fingerprint density at radius 2 is 2.06 bits per heavy atom. The third-order valence-electron chi connectivity index (χ3n) is 2.69. The van der Waals surface area contributed by atoms with Crippen LogP contribution in [0.25, 0.3) is 0 Å². The Hall–Kier alpha value is -1.35. The van der Waals surface area contributed by atoms with Crippen molar-refractivity contribution in [3.63, 3.8) is 0 Å². The van der Waals surface area contributed by atoms with Crippen LogP contribution in [0.1, 0.15) is 34.8 Å². The van der Waals surface area contributed by atoms with Crippen molar-refractivity contribution in [2.45, 2.75) is 33.2 Å². The summed E-state index contributed by atoms with van der Waals surface area (Å²) in [6, 6.07) is 3.62. The van der Waals surface area contributed by atoms with E-state index in [0.717, 1.165) is 11.1 Å². The summed E-state index contributed by atoms with van der Waals surface area (Å²) in [7, 11) is 1.59. The molecule has 16 heavy (non-hydrogen) atoms. The molecule has 0 bridgehead atoms. The average molecular weight is 221 g/mol. The van der Waals surface area contributed by atoms with Crippen LogP contribution in [0.3, 0.4) is 0 Å². The van der Waals surface area contributed by atoms with Crippen LogP contribution in [0.4, 0.5) is 0 Å². The maximum absolute atomic E-state index is 11.9. The second-order valence-electron chi connectivity index (χ2n) is 4.19. The van der Waals surface area contributed by atoms with Gasteiger partial charge >= 0.3 is 0 Å². The summed E-state index contributed by atoms with van der Waals surface area (Å²) in [6.45, 7) is 5.78.